The van der Waals surface area contributed by atoms with Gasteiger partial charge in [-0.1, -0.05) is 52.3 Å². The number of aromatic nitrogens is 2. The predicted molar refractivity (Wildman–Crippen MR) is 322 cm³/mol. The van der Waals surface area contributed by atoms with Crippen LogP contribution in [0.1, 0.15) is 124 Å². The van der Waals surface area contributed by atoms with Crippen LogP contribution >= 0.6 is 15.9 Å². The topological polar surface area (TPSA) is 132 Å². The number of rotatable bonds is 9. The van der Waals surface area contributed by atoms with E-state index < -0.39 is 11.2 Å². The molecule has 0 saturated carbocycles. The number of benzene rings is 2. The van der Waals surface area contributed by atoms with Crippen LogP contribution in [0.2, 0.25) is 0 Å². The molecule has 17 heteroatoms. The maximum Gasteiger partial charge on any atom is 0.410 e. The van der Waals surface area contributed by atoms with Crippen molar-refractivity contribution in [2.45, 2.75) is 153 Å². The fraction of sp³-hybridized carbons (Fsp3) is 0.625. The van der Waals surface area contributed by atoms with E-state index in [-0.39, 0.29) is 36.4 Å². The number of nitrogens with one attached hydrogen (secondary N) is 1. The van der Waals surface area contributed by atoms with E-state index in [0.717, 1.165) is 128 Å². The molecule has 2 amide bonds. The molecule has 1 N–H and O–H groups in total. The van der Waals surface area contributed by atoms with Crippen molar-refractivity contribution in [3.63, 3.8) is 0 Å². The first-order valence-corrected chi connectivity index (χ1v) is 31.0. The maximum atomic E-state index is 13.6. The Balaban J connectivity index is 0.000000158. The third-order valence-corrected chi connectivity index (χ3v) is 18.4. The van der Waals surface area contributed by atoms with Gasteiger partial charge in [-0.3, -0.25) is 39.4 Å². The summed E-state index contributed by atoms with van der Waals surface area (Å²) in [4.78, 5) is 52.6. The quantitative estimate of drug-likeness (QED) is 0.171. The highest BCUT2D eigenvalue weighted by molar-refractivity contribution is 9.10. The van der Waals surface area contributed by atoms with Crippen molar-refractivity contribution in [2.24, 2.45) is 0 Å². The largest absolute Gasteiger partial charge is 0.444 e. The normalized spacial score (nSPS) is 23.5. The molecule has 6 aliphatic heterocycles. The van der Waals surface area contributed by atoms with E-state index in [4.69, 9.17) is 28.9 Å². The number of ether oxygens (including phenoxy) is 4. The third kappa shape index (κ3) is 14.8. The summed E-state index contributed by atoms with van der Waals surface area (Å²) in [5, 5.41) is 3.34. The number of anilines is 1. The summed E-state index contributed by atoms with van der Waals surface area (Å²) < 4.78 is 23.4. The summed E-state index contributed by atoms with van der Waals surface area (Å²) in [5.41, 5.74) is 10.5. The zero-order chi connectivity index (χ0) is 56.8. The SMILES string of the molecule is C1CN(C2COC2)CCN1.CN(C[C@H]1Cc2c(Br)cccc2CN1C(=O)OC(C)(C)C)C1CCCc2cccnc21.CN(C[C@H]1Cc2c(cccc2N2CCN(C3COC3)CC2)CN1C(=O)OC(C)(C)C)C1CCCc2cccnc21. The average Bonchev–Trinajstić information content (AvgIpc) is 3.63. The molecule has 4 aromatic rings. The third-order valence-electron chi connectivity index (χ3n) is 17.6. The van der Waals surface area contributed by atoms with E-state index in [0.29, 0.717) is 19.1 Å². The van der Waals surface area contributed by atoms with Gasteiger partial charge in [0.25, 0.3) is 0 Å². The number of fused-ring (bicyclic) bond motifs is 4. The molecule has 4 saturated heterocycles. The highest BCUT2D eigenvalue weighted by Gasteiger charge is 2.40. The number of carbonyl (C=O) groups is 2. The second-order valence-electron chi connectivity index (χ2n) is 25.7. The molecule has 16 nitrogen and oxygen atoms in total. The zero-order valence-electron chi connectivity index (χ0n) is 49.7. The van der Waals surface area contributed by atoms with Gasteiger partial charge in [-0.05, 0) is 165 Å². The van der Waals surface area contributed by atoms with Gasteiger partial charge < -0.3 is 29.2 Å². The first-order chi connectivity index (χ1) is 39.0. The Hall–Kier alpha value is -4.72. The first kappa shape index (κ1) is 59.4. The molecule has 8 heterocycles. The van der Waals surface area contributed by atoms with Crippen molar-refractivity contribution in [2.75, 3.05) is 111 Å². The average molecular weight is 1180 g/mol. The minimum Gasteiger partial charge on any atom is -0.444 e. The van der Waals surface area contributed by atoms with Crippen molar-refractivity contribution in [3.8, 4) is 0 Å². The Kier molecular flexibility index (Phi) is 19.4. The lowest BCUT2D eigenvalue weighted by Crippen LogP contribution is -2.57. The number of nitrogens with zero attached hydrogens (tertiary/aromatic N) is 9. The highest BCUT2D eigenvalue weighted by atomic mass is 79.9. The lowest BCUT2D eigenvalue weighted by atomic mass is 9.89. The van der Waals surface area contributed by atoms with E-state index >= 15 is 0 Å². The summed E-state index contributed by atoms with van der Waals surface area (Å²) in [7, 11) is 4.36. The van der Waals surface area contributed by atoms with Crippen LogP contribution in [0.15, 0.2) is 77.5 Å². The number of pyridine rings is 2. The molecule has 440 valence electrons. The fourth-order valence-electron chi connectivity index (χ4n) is 13.2. The summed E-state index contributed by atoms with van der Waals surface area (Å²) >= 11 is 3.72. The zero-order valence-corrected chi connectivity index (χ0v) is 51.3. The molecule has 12 rings (SSSR count). The fourth-order valence-corrected chi connectivity index (χ4v) is 13.8. The number of halogens is 1. The van der Waals surface area contributed by atoms with Crippen LogP contribution in [0.3, 0.4) is 0 Å². The van der Waals surface area contributed by atoms with Crippen LogP contribution < -0.4 is 10.2 Å². The van der Waals surface area contributed by atoms with Crippen LogP contribution in [0, 0.1) is 0 Å². The monoisotopic (exact) mass is 1170 g/mol. The van der Waals surface area contributed by atoms with E-state index in [2.05, 4.69) is 102 Å². The molecular weight excluding hydrogens is 1080 g/mol. The second-order valence-corrected chi connectivity index (χ2v) is 26.6. The summed E-state index contributed by atoms with van der Waals surface area (Å²) in [6, 6.07) is 23.3. The number of likely N-dealkylation sites (N-methyl/N-ethyl adjacent to an activating group) is 2. The summed E-state index contributed by atoms with van der Waals surface area (Å²) in [6.07, 6.45) is 11.7. The molecular formula is C64H91BrN10O6. The van der Waals surface area contributed by atoms with Crippen molar-refractivity contribution < 1.29 is 28.5 Å². The van der Waals surface area contributed by atoms with Crippen molar-refractivity contribution in [3.05, 3.63) is 122 Å². The molecule has 0 bridgehead atoms. The standard InChI is InChI=1S/C32H45N5O3.C25H32BrN3O2.C7H14N2O/c1-32(2,3)40-31(38)37-19-24-9-6-11-28(36-16-14-35(15-17-36)26-21-39-22-26)27(24)18-25(37)20-34(4)29-12-5-8-23-10-7-13-33-30(23)29;1-25(2,3)31-24(30)29-15-18-9-5-11-21(26)20(18)14-19(29)16-28(4)22-12-6-8-17-10-7-13-27-23(17)22;1-3-9(4-2-8-1)7-5-10-6-7/h6-7,9-11,13,25-26,29H,5,8,12,14-22H2,1-4H3;5,7,9-11,13,19,22H,6,8,12,14-16H2,1-4H3;7-8H,1-6H2/t25-,29?;19-,22?;/m11./s1. The van der Waals surface area contributed by atoms with Gasteiger partial charge in [0.2, 0.25) is 0 Å². The molecule has 4 atom stereocenters. The van der Waals surface area contributed by atoms with Gasteiger partial charge in [-0.2, -0.15) is 0 Å². The van der Waals surface area contributed by atoms with Gasteiger partial charge in [0.15, 0.2) is 0 Å². The van der Waals surface area contributed by atoms with Crippen molar-refractivity contribution in [1.82, 2.24) is 44.7 Å². The molecule has 4 fully saturated rings. The molecule has 2 aliphatic carbocycles. The van der Waals surface area contributed by atoms with Gasteiger partial charge in [-0.15, -0.1) is 0 Å². The van der Waals surface area contributed by atoms with E-state index in [1.165, 1.54) is 76.4 Å². The Morgan fingerprint density at radius 2 is 1.07 bits per heavy atom. The molecule has 2 unspecified atom stereocenters. The highest BCUT2D eigenvalue weighted by Crippen LogP contribution is 2.38. The van der Waals surface area contributed by atoms with Crippen LogP contribution in [0.25, 0.3) is 0 Å². The van der Waals surface area contributed by atoms with Crippen molar-refractivity contribution >= 4 is 33.8 Å². The lowest BCUT2D eigenvalue weighted by molar-refractivity contribution is -0.0677. The summed E-state index contributed by atoms with van der Waals surface area (Å²) in [5.74, 6) is 0. The van der Waals surface area contributed by atoms with Gasteiger partial charge >= 0.3 is 12.2 Å². The van der Waals surface area contributed by atoms with E-state index in [1.54, 1.807) is 0 Å². The molecule has 8 aliphatic rings. The van der Waals surface area contributed by atoms with Crippen molar-refractivity contribution in [1.29, 1.82) is 0 Å². The van der Waals surface area contributed by atoms with Gasteiger partial charge in [-0.25, -0.2) is 9.59 Å². The van der Waals surface area contributed by atoms with Crippen LogP contribution in [0.4, 0.5) is 15.3 Å². The van der Waals surface area contributed by atoms with E-state index in [9.17, 15) is 9.59 Å². The summed E-state index contributed by atoms with van der Waals surface area (Å²) in [6.45, 7) is 26.9. The molecule has 0 spiro atoms. The Morgan fingerprint density at radius 3 is 1.56 bits per heavy atom. The molecule has 0 radical (unpaired) electrons. The number of hydrogen-bond acceptors (Lipinski definition) is 14. The minimum absolute atomic E-state index is 0.0241. The number of amides is 2. The van der Waals surface area contributed by atoms with Crippen LogP contribution in [0.5, 0.6) is 0 Å². The second kappa shape index (κ2) is 26.5. The number of hydrogen-bond donors (Lipinski definition) is 1. The predicted octanol–water partition coefficient (Wildman–Crippen LogP) is 9.08. The first-order valence-electron chi connectivity index (χ1n) is 30.2. The van der Waals surface area contributed by atoms with E-state index in [1.807, 2.05) is 81.9 Å². The smallest absolute Gasteiger partial charge is 0.410 e. The van der Waals surface area contributed by atoms with Crippen LogP contribution in [-0.2, 0) is 57.7 Å². The van der Waals surface area contributed by atoms with Gasteiger partial charge in [0.1, 0.15) is 11.2 Å². The minimum atomic E-state index is -0.535. The molecule has 81 heavy (non-hydrogen) atoms. The van der Waals surface area contributed by atoms with Gasteiger partial charge in [0.05, 0.1) is 74.1 Å². The number of carbonyl (C=O) groups excluding carboxylic acids is 2. The number of aryl methyl sites for hydroxylation is 2. The van der Waals surface area contributed by atoms with Crippen LogP contribution in [-0.4, -0.2) is 193 Å². The Morgan fingerprint density at radius 1 is 0.617 bits per heavy atom. The lowest BCUT2D eigenvalue weighted by Gasteiger charge is -2.45. The molecule has 2 aromatic carbocycles. The Labute approximate surface area is 491 Å². The van der Waals surface area contributed by atoms with Gasteiger partial charge in [0, 0.05) is 101 Å². The maximum absolute atomic E-state index is 13.6. The number of piperazine rings is 2. The molecule has 2 aromatic heterocycles. The Bertz CT molecular complexity index is 2750.